The first-order valence-corrected chi connectivity index (χ1v) is 6.64. The fourth-order valence-corrected chi connectivity index (χ4v) is 2.53. The van der Waals surface area contributed by atoms with Gasteiger partial charge in [-0.3, -0.25) is 0 Å². The molecule has 2 aromatic rings. The molecule has 1 N–H and O–H groups in total. The van der Waals surface area contributed by atoms with Gasteiger partial charge in [0.15, 0.2) is 0 Å². The van der Waals surface area contributed by atoms with E-state index < -0.39 is 0 Å². The molecule has 17 heavy (non-hydrogen) atoms. The highest BCUT2D eigenvalue weighted by molar-refractivity contribution is 7.09. The Balaban J connectivity index is 1.57. The predicted octanol–water partition coefficient (Wildman–Crippen LogP) is 2.11. The summed E-state index contributed by atoms with van der Waals surface area (Å²) in [6, 6.07) is 0.323. The van der Waals surface area contributed by atoms with Crippen LogP contribution in [0.25, 0.3) is 0 Å². The van der Waals surface area contributed by atoms with Crippen molar-refractivity contribution in [2.75, 3.05) is 5.32 Å². The van der Waals surface area contributed by atoms with E-state index in [-0.39, 0.29) is 0 Å². The summed E-state index contributed by atoms with van der Waals surface area (Å²) in [5, 5.41) is 4.31. The number of rotatable bonds is 5. The largest absolute Gasteiger partial charge is 0.356 e. The molecule has 0 saturated heterocycles. The Bertz CT molecular complexity index is 474. The molecule has 1 aliphatic rings. The summed E-state index contributed by atoms with van der Waals surface area (Å²) < 4.78 is 6.43. The summed E-state index contributed by atoms with van der Waals surface area (Å²) in [7, 11) is 0. The van der Waals surface area contributed by atoms with Crippen molar-refractivity contribution in [2.45, 2.75) is 38.3 Å². The molecular weight excluding hydrogens is 234 g/mol. The zero-order valence-corrected chi connectivity index (χ0v) is 10.5. The molecule has 90 valence electrons. The van der Waals surface area contributed by atoms with Crippen molar-refractivity contribution >= 4 is 16.7 Å². The lowest BCUT2D eigenvalue weighted by Gasteiger charge is -2.12. The Hall–Kier alpha value is -1.43. The molecule has 0 spiro atoms. The van der Waals surface area contributed by atoms with Gasteiger partial charge >= 0.3 is 0 Å². The zero-order valence-electron chi connectivity index (χ0n) is 9.71. The summed E-state index contributed by atoms with van der Waals surface area (Å²) in [6.07, 6.45) is 8.09. The van der Waals surface area contributed by atoms with E-state index >= 15 is 0 Å². The number of nitrogens with one attached hydrogen (secondary N) is 1. The van der Waals surface area contributed by atoms with Gasteiger partial charge in [0.1, 0.15) is 5.82 Å². The molecule has 1 fully saturated rings. The van der Waals surface area contributed by atoms with Crippen LogP contribution in [0.4, 0.5) is 5.13 Å². The van der Waals surface area contributed by atoms with Crippen LogP contribution in [0.5, 0.6) is 0 Å². The number of hydrogen-bond donors (Lipinski definition) is 1. The summed E-state index contributed by atoms with van der Waals surface area (Å²) in [5.74, 6) is 1.65. The van der Waals surface area contributed by atoms with Crippen LogP contribution in [0, 0.1) is 0 Å². The number of aromatic nitrogens is 4. The summed E-state index contributed by atoms with van der Waals surface area (Å²) in [4.78, 5) is 8.54. The number of hydrogen-bond acceptors (Lipinski definition) is 5. The average Bonchev–Trinajstić information content (AvgIpc) is 2.84. The Morgan fingerprint density at radius 2 is 2.47 bits per heavy atom. The van der Waals surface area contributed by atoms with Crippen LogP contribution in [-0.4, -0.2) is 25.0 Å². The highest BCUT2D eigenvalue weighted by Gasteiger charge is 2.27. The van der Waals surface area contributed by atoms with Gasteiger partial charge in [-0.25, -0.2) is 9.97 Å². The molecule has 1 unspecified atom stereocenters. The molecular formula is C11H15N5S. The van der Waals surface area contributed by atoms with Crippen molar-refractivity contribution in [1.29, 1.82) is 0 Å². The van der Waals surface area contributed by atoms with Crippen LogP contribution in [0.2, 0.25) is 0 Å². The standard InChI is InChI=1S/C11H15N5S/c1-8(6-16-5-4-12-7-16)13-11-14-10(15-17-11)9-2-3-9/h4-5,7-9H,2-3,6H2,1H3,(H,13,14,15). The van der Waals surface area contributed by atoms with Gasteiger partial charge in [0.2, 0.25) is 5.13 Å². The van der Waals surface area contributed by atoms with E-state index in [1.165, 1.54) is 24.4 Å². The van der Waals surface area contributed by atoms with E-state index in [0.29, 0.717) is 12.0 Å². The van der Waals surface area contributed by atoms with Crippen LogP contribution < -0.4 is 5.32 Å². The third-order valence-corrected chi connectivity index (χ3v) is 3.46. The van der Waals surface area contributed by atoms with Crippen LogP contribution >= 0.6 is 11.5 Å². The van der Waals surface area contributed by atoms with Crippen molar-refractivity contribution in [3.05, 3.63) is 24.5 Å². The Kier molecular flexibility index (Phi) is 2.80. The Morgan fingerprint density at radius 1 is 1.59 bits per heavy atom. The molecule has 1 aliphatic carbocycles. The third kappa shape index (κ3) is 2.63. The quantitative estimate of drug-likeness (QED) is 0.881. The van der Waals surface area contributed by atoms with E-state index in [4.69, 9.17) is 0 Å². The zero-order chi connectivity index (χ0) is 11.7. The van der Waals surface area contributed by atoms with Crippen molar-refractivity contribution in [1.82, 2.24) is 18.9 Å². The summed E-state index contributed by atoms with van der Waals surface area (Å²) in [6.45, 7) is 3.02. The average molecular weight is 249 g/mol. The first-order valence-electron chi connectivity index (χ1n) is 5.87. The van der Waals surface area contributed by atoms with Crippen molar-refractivity contribution in [3.8, 4) is 0 Å². The smallest absolute Gasteiger partial charge is 0.202 e. The third-order valence-electron chi connectivity index (χ3n) is 2.80. The first-order chi connectivity index (χ1) is 8.31. The van der Waals surface area contributed by atoms with Gasteiger partial charge in [0.25, 0.3) is 0 Å². The first kappa shape index (κ1) is 10.7. The van der Waals surface area contributed by atoms with Crippen molar-refractivity contribution < 1.29 is 0 Å². The fourth-order valence-electron chi connectivity index (χ4n) is 1.77. The monoisotopic (exact) mass is 249 g/mol. The Labute approximate surface area is 104 Å². The van der Waals surface area contributed by atoms with E-state index in [1.807, 2.05) is 12.5 Å². The van der Waals surface area contributed by atoms with Gasteiger partial charge < -0.3 is 9.88 Å². The second-order valence-corrected chi connectivity index (χ2v) is 5.29. The molecule has 0 bridgehead atoms. The van der Waals surface area contributed by atoms with Crippen LogP contribution in [0.15, 0.2) is 18.7 Å². The minimum atomic E-state index is 0.323. The molecule has 0 amide bonds. The molecule has 2 heterocycles. The maximum Gasteiger partial charge on any atom is 0.202 e. The van der Waals surface area contributed by atoms with Gasteiger partial charge in [0, 0.05) is 42.4 Å². The van der Waals surface area contributed by atoms with Crippen molar-refractivity contribution in [2.24, 2.45) is 0 Å². The van der Waals surface area contributed by atoms with Crippen LogP contribution in [-0.2, 0) is 6.54 Å². The normalized spacial score (nSPS) is 17.0. The Morgan fingerprint density at radius 3 is 3.18 bits per heavy atom. The van der Waals surface area contributed by atoms with Crippen LogP contribution in [0.1, 0.15) is 31.5 Å². The van der Waals surface area contributed by atoms with Gasteiger partial charge in [-0.05, 0) is 19.8 Å². The minimum Gasteiger partial charge on any atom is -0.356 e. The van der Waals surface area contributed by atoms with Crippen molar-refractivity contribution in [3.63, 3.8) is 0 Å². The lowest BCUT2D eigenvalue weighted by Crippen LogP contribution is -2.21. The molecule has 0 aliphatic heterocycles. The number of nitrogens with zero attached hydrogens (tertiary/aromatic N) is 4. The van der Waals surface area contributed by atoms with Gasteiger partial charge in [-0.15, -0.1) is 0 Å². The van der Waals surface area contributed by atoms with Gasteiger partial charge in [-0.2, -0.15) is 4.37 Å². The van der Waals surface area contributed by atoms with E-state index in [9.17, 15) is 0 Å². The lowest BCUT2D eigenvalue weighted by molar-refractivity contribution is 0.618. The van der Waals surface area contributed by atoms with Gasteiger partial charge in [0.05, 0.1) is 6.33 Å². The molecule has 5 nitrogen and oxygen atoms in total. The highest BCUT2D eigenvalue weighted by Crippen LogP contribution is 2.39. The van der Waals surface area contributed by atoms with E-state index in [1.54, 1.807) is 6.20 Å². The number of anilines is 1. The minimum absolute atomic E-state index is 0.323. The molecule has 0 aromatic carbocycles. The van der Waals surface area contributed by atoms with Gasteiger partial charge in [-0.1, -0.05) is 0 Å². The summed E-state index contributed by atoms with van der Waals surface area (Å²) >= 11 is 1.46. The highest BCUT2D eigenvalue weighted by atomic mass is 32.1. The van der Waals surface area contributed by atoms with Crippen LogP contribution in [0.3, 0.4) is 0 Å². The second-order valence-electron chi connectivity index (χ2n) is 4.54. The maximum atomic E-state index is 4.51. The second kappa shape index (κ2) is 4.44. The topological polar surface area (TPSA) is 55.6 Å². The maximum absolute atomic E-state index is 4.51. The molecule has 0 radical (unpaired) electrons. The molecule has 1 atom stereocenters. The van der Waals surface area contributed by atoms with E-state index in [2.05, 4.69) is 31.1 Å². The summed E-state index contributed by atoms with van der Waals surface area (Å²) in [5.41, 5.74) is 0. The molecule has 3 rings (SSSR count). The van der Waals surface area contributed by atoms with E-state index in [0.717, 1.165) is 17.5 Å². The lowest BCUT2D eigenvalue weighted by atomic mass is 10.3. The molecule has 6 heteroatoms. The SMILES string of the molecule is CC(Cn1ccnc1)Nc1nc(C2CC2)ns1. The number of imidazole rings is 1. The fraction of sp³-hybridized carbons (Fsp3) is 0.545. The molecule has 1 saturated carbocycles. The predicted molar refractivity (Wildman–Crippen MR) is 67.2 cm³/mol. The molecule has 2 aromatic heterocycles.